The highest BCUT2D eigenvalue weighted by atomic mass is 19.4. The molecule has 1 aromatic heterocycles. The van der Waals surface area contributed by atoms with Gasteiger partial charge < -0.3 is 10.4 Å². The van der Waals surface area contributed by atoms with E-state index < -0.39 is 30.5 Å². The fourth-order valence-corrected chi connectivity index (χ4v) is 2.50. The lowest BCUT2D eigenvalue weighted by atomic mass is 10.1. The summed E-state index contributed by atoms with van der Waals surface area (Å²) in [5.41, 5.74) is 0.837. The maximum Gasteiger partial charge on any atom is 0.391 e. The summed E-state index contributed by atoms with van der Waals surface area (Å²) in [5.74, 6) is -2.40. The average Bonchev–Trinajstić information content (AvgIpc) is 3.22. The first-order valence-corrected chi connectivity index (χ1v) is 7.81. The van der Waals surface area contributed by atoms with Gasteiger partial charge in [-0.3, -0.25) is 9.48 Å². The molecule has 2 atom stereocenters. The van der Waals surface area contributed by atoms with E-state index in [9.17, 15) is 22.8 Å². The van der Waals surface area contributed by atoms with Crippen LogP contribution in [0.15, 0.2) is 6.20 Å². The number of carboxylic acid groups (broad SMARTS) is 1. The van der Waals surface area contributed by atoms with Crippen molar-refractivity contribution in [3.8, 4) is 0 Å². The Labute approximate surface area is 137 Å². The first-order valence-electron chi connectivity index (χ1n) is 7.81. The molecular formula is C15H20F3N3O3. The van der Waals surface area contributed by atoms with Crippen LogP contribution in [-0.2, 0) is 4.79 Å². The monoisotopic (exact) mass is 347 g/mol. The van der Waals surface area contributed by atoms with Gasteiger partial charge in [-0.2, -0.15) is 18.3 Å². The van der Waals surface area contributed by atoms with Crippen LogP contribution >= 0.6 is 0 Å². The van der Waals surface area contributed by atoms with E-state index >= 15 is 0 Å². The van der Waals surface area contributed by atoms with Gasteiger partial charge in [0.15, 0.2) is 0 Å². The third kappa shape index (κ3) is 4.27. The minimum Gasteiger partial charge on any atom is -0.480 e. The number of aromatic nitrogens is 2. The van der Waals surface area contributed by atoms with Crippen molar-refractivity contribution in [1.82, 2.24) is 15.1 Å². The summed E-state index contributed by atoms with van der Waals surface area (Å²) in [5, 5.41) is 15.1. The molecule has 134 valence electrons. The number of carbonyl (C=O) groups is 2. The molecule has 0 saturated heterocycles. The molecule has 2 unspecified atom stereocenters. The number of halogens is 3. The molecule has 1 saturated carbocycles. The van der Waals surface area contributed by atoms with E-state index in [1.807, 2.05) is 19.2 Å². The van der Waals surface area contributed by atoms with Crippen LogP contribution < -0.4 is 5.32 Å². The van der Waals surface area contributed by atoms with Gasteiger partial charge in [0.2, 0.25) is 0 Å². The minimum atomic E-state index is -4.68. The second-order valence-corrected chi connectivity index (χ2v) is 6.10. The number of aliphatic carboxylic acids is 1. The fraction of sp³-hybridized carbons (Fsp3) is 0.667. The zero-order valence-electron chi connectivity index (χ0n) is 13.4. The summed E-state index contributed by atoms with van der Waals surface area (Å²) >= 11 is 0. The second kappa shape index (κ2) is 6.82. The molecule has 24 heavy (non-hydrogen) atoms. The number of carbonyl (C=O) groups excluding carboxylic acids is 1. The van der Waals surface area contributed by atoms with E-state index in [-0.39, 0.29) is 17.5 Å². The molecule has 1 fully saturated rings. The maximum atomic E-state index is 12.5. The van der Waals surface area contributed by atoms with Gasteiger partial charge in [-0.1, -0.05) is 6.92 Å². The minimum absolute atomic E-state index is 0.0487. The van der Waals surface area contributed by atoms with Crippen molar-refractivity contribution in [2.75, 3.05) is 0 Å². The lowest BCUT2D eigenvalue weighted by Gasteiger charge is -2.17. The Morgan fingerprint density at radius 1 is 1.46 bits per heavy atom. The number of rotatable bonds is 7. The first kappa shape index (κ1) is 18.3. The molecule has 0 bridgehead atoms. The Kier molecular flexibility index (Phi) is 5.19. The van der Waals surface area contributed by atoms with Crippen LogP contribution in [0.4, 0.5) is 13.2 Å². The summed E-state index contributed by atoms with van der Waals surface area (Å²) in [6, 6.07) is -1.97. The summed E-state index contributed by atoms with van der Waals surface area (Å²) < 4.78 is 39.1. The van der Waals surface area contributed by atoms with Crippen LogP contribution in [-0.4, -0.2) is 39.0 Å². The molecule has 9 heteroatoms. The fourth-order valence-electron chi connectivity index (χ4n) is 2.50. The van der Waals surface area contributed by atoms with Crippen molar-refractivity contribution in [1.29, 1.82) is 0 Å². The van der Waals surface area contributed by atoms with Crippen molar-refractivity contribution >= 4 is 11.9 Å². The zero-order valence-corrected chi connectivity index (χ0v) is 13.4. The second-order valence-electron chi connectivity index (χ2n) is 6.10. The molecule has 1 amide bonds. The SMILES string of the molecule is CCC(C)n1ncc(C(=O)NC(CC(F)(F)F)C(=O)O)c1C1CC1. The quantitative estimate of drug-likeness (QED) is 0.794. The number of hydrogen-bond donors (Lipinski definition) is 2. The number of nitrogens with one attached hydrogen (secondary N) is 1. The highest BCUT2D eigenvalue weighted by Crippen LogP contribution is 2.42. The predicted molar refractivity (Wildman–Crippen MR) is 78.8 cm³/mol. The van der Waals surface area contributed by atoms with Crippen LogP contribution in [0.2, 0.25) is 0 Å². The Morgan fingerprint density at radius 3 is 2.54 bits per heavy atom. The Bertz CT molecular complexity index is 623. The van der Waals surface area contributed by atoms with Crippen molar-refractivity contribution < 1.29 is 27.9 Å². The molecule has 0 radical (unpaired) electrons. The van der Waals surface area contributed by atoms with Crippen LogP contribution in [0.3, 0.4) is 0 Å². The first-order chi connectivity index (χ1) is 11.1. The van der Waals surface area contributed by atoms with Crippen molar-refractivity contribution in [3.05, 3.63) is 17.5 Å². The van der Waals surface area contributed by atoms with E-state index in [0.29, 0.717) is 5.69 Å². The van der Waals surface area contributed by atoms with Crippen molar-refractivity contribution in [2.24, 2.45) is 0 Å². The molecule has 1 aliphatic rings. The number of amides is 1. The number of hydrogen-bond acceptors (Lipinski definition) is 3. The van der Waals surface area contributed by atoms with E-state index in [4.69, 9.17) is 5.11 Å². The van der Waals surface area contributed by atoms with E-state index in [0.717, 1.165) is 19.3 Å². The number of carboxylic acids is 1. The highest BCUT2D eigenvalue weighted by molar-refractivity contribution is 5.97. The third-order valence-corrected chi connectivity index (χ3v) is 4.09. The molecule has 0 aromatic carbocycles. The normalized spacial score (nSPS) is 17.4. The Balaban J connectivity index is 2.23. The molecule has 1 heterocycles. The summed E-state index contributed by atoms with van der Waals surface area (Å²) in [7, 11) is 0. The molecule has 6 nitrogen and oxygen atoms in total. The van der Waals surface area contributed by atoms with Crippen LogP contribution in [0.5, 0.6) is 0 Å². The maximum absolute atomic E-state index is 12.5. The third-order valence-electron chi connectivity index (χ3n) is 4.09. The van der Waals surface area contributed by atoms with Gasteiger partial charge in [0.05, 0.1) is 23.9 Å². The van der Waals surface area contributed by atoms with Gasteiger partial charge in [-0.05, 0) is 26.2 Å². The zero-order chi connectivity index (χ0) is 18.1. The predicted octanol–water partition coefficient (Wildman–Crippen LogP) is 2.87. The standard InChI is InChI=1S/C15H20F3N3O3/c1-3-8(2)21-12(9-4-5-9)10(7-19-21)13(22)20-11(14(23)24)6-15(16,17)18/h7-9,11H,3-6H2,1-2H3,(H,20,22)(H,23,24). The Hall–Kier alpha value is -2.06. The number of nitrogens with zero attached hydrogens (tertiary/aromatic N) is 2. The summed E-state index contributed by atoms with van der Waals surface area (Å²) in [6.45, 7) is 3.90. The lowest BCUT2D eigenvalue weighted by molar-refractivity contribution is -0.157. The van der Waals surface area contributed by atoms with Crippen molar-refractivity contribution in [3.63, 3.8) is 0 Å². The Morgan fingerprint density at radius 2 is 2.08 bits per heavy atom. The molecule has 1 aliphatic carbocycles. The average molecular weight is 347 g/mol. The van der Waals surface area contributed by atoms with E-state index in [1.165, 1.54) is 6.20 Å². The van der Waals surface area contributed by atoms with E-state index in [1.54, 1.807) is 4.68 Å². The lowest BCUT2D eigenvalue weighted by Crippen LogP contribution is -2.43. The highest BCUT2D eigenvalue weighted by Gasteiger charge is 2.38. The molecule has 1 aromatic rings. The van der Waals surface area contributed by atoms with Gasteiger partial charge in [0.1, 0.15) is 6.04 Å². The van der Waals surface area contributed by atoms with Crippen LogP contribution in [0, 0.1) is 0 Å². The number of alkyl halides is 3. The molecule has 0 aliphatic heterocycles. The van der Waals surface area contributed by atoms with Gasteiger partial charge >= 0.3 is 12.1 Å². The van der Waals surface area contributed by atoms with Gasteiger partial charge in [-0.25, -0.2) is 4.79 Å². The van der Waals surface area contributed by atoms with E-state index in [2.05, 4.69) is 5.10 Å². The summed E-state index contributed by atoms with van der Waals surface area (Å²) in [4.78, 5) is 23.3. The molecule has 2 rings (SSSR count). The summed E-state index contributed by atoms with van der Waals surface area (Å²) in [6.07, 6.45) is -2.44. The van der Waals surface area contributed by atoms with Crippen molar-refractivity contribution in [2.45, 2.75) is 63.7 Å². The smallest absolute Gasteiger partial charge is 0.391 e. The van der Waals surface area contributed by atoms with Gasteiger partial charge in [0.25, 0.3) is 5.91 Å². The molecule has 0 spiro atoms. The topological polar surface area (TPSA) is 84.2 Å². The van der Waals surface area contributed by atoms with Crippen LogP contribution in [0.1, 0.15) is 67.5 Å². The van der Waals surface area contributed by atoms with Gasteiger partial charge in [-0.15, -0.1) is 0 Å². The molecule has 2 N–H and O–H groups in total. The van der Waals surface area contributed by atoms with Gasteiger partial charge in [0, 0.05) is 12.0 Å². The molecular weight excluding hydrogens is 327 g/mol. The van der Waals surface area contributed by atoms with Crippen LogP contribution in [0.25, 0.3) is 0 Å². The largest absolute Gasteiger partial charge is 0.480 e.